The zero-order valence-electron chi connectivity index (χ0n) is 14.2. The molecule has 4 N–H and O–H groups in total. The van der Waals surface area contributed by atoms with Crippen molar-refractivity contribution < 1.29 is 18.9 Å². The molecule has 134 valence electrons. The summed E-state index contributed by atoms with van der Waals surface area (Å²) >= 11 is 0. The predicted molar refractivity (Wildman–Crippen MR) is 91.7 cm³/mol. The standard InChI is InChI=1S/C16H36NO4P/c1-2-3-4-5-6-7-8-9-10-11-12-13-14-16(17)15-21-22(18,19)20/h16H,2-15,17H2,1H3,(H2,18,19,20)/t16-/m1/s1. The van der Waals surface area contributed by atoms with E-state index in [0.717, 1.165) is 19.3 Å². The van der Waals surface area contributed by atoms with Crippen LogP contribution in [-0.4, -0.2) is 22.4 Å². The molecule has 22 heavy (non-hydrogen) atoms. The summed E-state index contributed by atoms with van der Waals surface area (Å²) in [4.78, 5) is 17.1. The Morgan fingerprint density at radius 1 is 0.864 bits per heavy atom. The van der Waals surface area contributed by atoms with E-state index in [9.17, 15) is 4.57 Å². The third-order valence-electron chi connectivity index (χ3n) is 3.89. The Balaban J connectivity index is 3.18. The maximum atomic E-state index is 10.5. The third-order valence-corrected chi connectivity index (χ3v) is 4.37. The van der Waals surface area contributed by atoms with Gasteiger partial charge in [-0.25, -0.2) is 4.57 Å². The van der Waals surface area contributed by atoms with Crippen molar-refractivity contribution in [3.8, 4) is 0 Å². The minimum absolute atomic E-state index is 0.0672. The van der Waals surface area contributed by atoms with E-state index in [-0.39, 0.29) is 12.6 Å². The van der Waals surface area contributed by atoms with Crippen molar-refractivity contribution in [1.82, 2.24) is 0 Å². The van der Waals surface area contributed by atoms with Gasteiger partial charge in [0.05, 0.1) is 6.61 Å². The van der Waals surface area contributed by atoms with Crippen LogP contribution in [-0.2, 0) is 9.09 Å². The van der Waals surface area contributed by atoms with Crippen molar-refractivity contribution in [3.63, 3.8) is 0 Å². The smallest absolute Gasteiger partial charge is 0.326 e. The summed E-state index contributed by atoms with van der Waals surface area (Å²) in [6.45, 7) is 2.18. The predicted octanol–water partition coefficient (Wildman–Crippen LogP) is 4.51. The Labute approximate surface area is 136 Å². The second-order valence-corrected chi connectivity index (χ2v) is 7.46. The van der Waals surface area contributed by atoms with Crippen LogP contribution in [0.4, 0.5) is 0 Å². The Bertz CT molecular complexity index is 283. The Hall–Kier alpha value is 0.0700. The first-order chi connectivity index (χ1) is 10.5. The van der Waals surface area contributed by atoms with E-state index < -0.39 is 7.82 Å². The minimum Gasteiger partial charge on any atom is -0.326 e. The monoisotopic (exact) mass is 337 g/mol. The average Bonchev–Trinajstić information content (AvgIpc) is 2.45. The molecule has 0 rings (SSSR count). The highest BCUT2D eigenvalue weighted by molar-refractivity contribution is 7.46. The highest BCUT2D eigenvalue weighted by Crippen LogP contribution is 2.35. The van der Waals surface area contributed by atoms with Crippen molar-refractivity contribution in [2.75, 3.05) is 6.61 Å². The minimum atomic E-state index is -4.37. The number of phosphoric ester groups is 1. The first-order valence-corrected chi connectivity index (χ1v) is 10.4. The number of rotatable bonds is 16. The van der Waals surface area contributed by atoms with Gasteiger partial charge in [-0.3, -0.25) is 4.52 Å². The van der Waals surface area contributed by atoms with Crippen molar-refractivity contribution in [1.29, 1.82) is 0 Å². The molecular weight excluding hydrogens is 301 g/mol. The lowest BCUT2D eigenvalue weighted by molar-refractivity contribution is 0.183. The maximum absolute atomic E-state index is 10.5. The van der Waals surface area contributed by atoms with E-state index in [2.05, 4.69) is 11.4 Å². The third kappa shape index (κ3) is 18.1. The van der Waals surface area contributed by atoms with Gasteiger partial charge in [-0.1, -0.05) is 84.0 Å². The van der Waals surface area contributed by atoms with Gasteiger partial charge in [0.25, 0.3) is 0 Å². The van der Waals surface area contributed by atoms with Crippen LogP contribution in [0.1, 0.15) is 90.4 Å². The SMILES string of the molecule is CCCCCCCCCCCCCC[C@@H](N)COP(=O)(O)O. The summed E-state index contributed by atoms with van der Waals surface area (Å²) in [5, 5.41) is 0. The van der Waals surface area contributed by atoms with Crippen LogP contribution in [0.25, 0.3) is 0 Å². The van der Waals surface area contributed by atoms with Crippen molar-refractivity contribution in [2.45, 2.75) is 96.4 Å². The van der Waals surface area contributed by atoms with Crippen molar-refractivity contribution >= 4 is 7.82 Å². The van der Waals surface area contributed by atoms with Crippen LogP contribution in [0.5, 0.6) is 0 Å². The molecule has 0 spiro atoms. The molecule has 0 aliphatic rings. The summed E-state index contributed by atoms with van der Waals surface area (Å²) in [5.74, 6) is 0. The zero-order valence-corrected chi connectivity index (χ0v) is 15.1. The number of hydrogen-bond acceptors (Lipinski definition) is 3. The summed E-state index contributed by atoms with van der Waals surface area (Å²) in [5.41, 5.74) is 5.74. The zero-order chi connectivity index (χ0) is 16.7. The van der Waals surface area contributed by atoms with Crippen LogP contribution in [0.3, 0.4) is 0 Å². The van der Waals surface area contributed by atoms with Crippen LogP contribution in [0.2, 0.25) is 0 Å². The van der Waals surface area contributed by atoms with Crippen molar-refractivity contribution in [2.24, 2.45) is 5.73 Å². The number of nitrogens with two attached hydrogens (primary N) is 1. The van der Waals surface area contributed by atoms with Gasteiger partial charge in [-0.15, -0.1) is 0 Å². The van der Waals surface area contributed by atoms with Crippen LogP contribution >= 0.6 is 7.82 Å². The fourth-order valence-electron chi connectivity index (χ4n) is 2.52. The maximum Gasteiger partial charge on any atom is 0.469 e. The molecule has 0 fully saturated rings. The van der Waals surface area contributed by atoms with Crippen LogP contribution in [0, 0.1) is 0 Å². The quantitative estimate of drug-likeness (QED) is 0.284. The fourth-order valence-corrected chi connectivity index (χ4v) is 2.91. The van der Waals surface area contributed by atoms with E-state index >= 15 is 0 Å². The fraction of sp³-hybridized carbons (Fsp3) is 1.00. The molecule has 0 bridgehead atoms. The van der Waals surface area contributed by atoms with Gasteiger partial charge in [-0.2, -0.15) is 0 Å². The molecule has 0 heterocycles. The van der Waals surface area contributed by atoms with E-state index in [0.29, 0.717) is 0 Å². The van der Waals surface area contributed by atoms with E-state index in [1.165, 1.54) is 64.2 Å². The molecule has 0 aliphatic heterocycles. The number of phosphoric acid groups is 1. The molecule has 0 aromatic rings. The van der Waals surface area contributed by atoms with Gasteiger partial charge in [-0.05, 0) is 6.42 Å². The summed E-state index contributed by atoms with van der Waals surface area (Å²) in [6, 6.07) is -0.282. The molecule has 0 radical (unpaired) electrons. The van der Waals surface area contributed by atoms with Gasteiger partial charge < -0.3 is 15.5 Å². The van der Waals surface area contributed by atoms with Crippen LogP contribution in [0.15, 0.2) is 0 Å². The largest absolute Gasteiger partial charge is 0.469 e. The molecule has 0 aliphatic carbocycles. The average molecular weight is 337 g/mol. The first-order valence-electron chi connectivity index (χ1n) is 8.91. The summed E-state index contributed by atoms with van der Waals surface area (Å²) < 4.78 is 14.9. The second kappa shape index (κ2) is 14.6. The molecule has 0 saturated heterocycles. The molecule has 5 nitrogen and oxygen atoms in total. The van der Waals surface area contributed by atoms with Gasteiger partial charge in [0.15, 0.2) is 0 Å². The summed E-state index contributed by atoms with van der Waals surface area (Å²) in [6.07, 6.45) is 16.3. The molecule has 6 heteroatoms. The van der Waals surface area contributed by atoms with E-state index in [1.54, 1.807) is 0 Å². The Kier molecular flexibility index (Phi) is 14.7. The molecule has 0 amide bonds. The van der Waals surface area contributed by atoms with E-state index in [4.69, 9.17) is 15.5 Å². The molecule has 0 unspecified atom stereocenters. The highest BCUT2D eigenvalue weighted by atomic mass is 31.2. The van der Waals surface area contributed by atoms with Gasteiger partial charge in [0.2, 0.25) is 0 Å². The first kappa shape index (κ1) is 22.1. The van der Waals surface area contributed by atoms with E-state index in [1.807, 2.05) is 0 Å². The van der Waals surface area contributed by atoms with Crippen molar-refractivity contribution in [3.05, 3.63) is 0 Å². The second-order valence-electron chi connectivity index (χ2n) is 6.22. The normalized spacial score (nSPS) is 13.5. The van der Waals surface area contributed by atoms with Gasteiger partial charge in [0.1, 0.15) is 0 Å². The topological polar surface area (TPSA) is 92.8 Å². The lowest BCUT2D eigenvalue weighted by Gasteiger charge is -2.12. The molecule has 0 aromatic heterocycles. The molecular formula is C16H36NO4P. The van der Waals surface area contributed by atoms with Gasteiger partial charge in [0, 0.05) is 6.04 Å². The van der Waals surface area contributed by atoms with Gasteiger partial charge >= 0.3 is 7.82 Å². The molecule has 0 saturated carbocycles. The highest BCUT2D eigenvalue weighted by Gasteiger charge is 2.15. The summed E-state index contributed by atoms with van der Waals surface area (Å²) in [7, 11) is -4.37. The lowest BCUT2D eigenvalue weighted by atomic mass is 10.0. The lowest BCUT2D eigenvalue weighted by Crippen LogP contribution is -2.25. The molecule has 0 aromatic carbocycles. The number of unbranched alkanes of at least 4 members (excludes halogenated alkanes) is 11. The Morgan fingerprint density at radius 2 is 1.27 bits per heavy atom. The molecule has 1 atom stereocenters. The number of hydrogen-bond donors (Lipinski definition) is 3. The van der Waals surface area contributed by atoms with Crippen LogP contribution < -0.4 is 5.73 Å². The Morgan fingerprint density at radius 3 is 1.68 bits per heavy atom.